The molecular weight excluding hydrogens is 252 g/mol. The predicted molar refractivity (Wildman–Crippen MR) is 69.5 cm³/mol. The van der Waals surface area contributed by atoms with Gasteiger partial charge in [-0.15, -0.1) is 0 Å². The van der Waals surface area contributed by atoms with Gasteiger partial charge in [-0.2, -0.15) is 4.31 Å². The van der Waals surface area contributed by atoms with E-state index in [0.717, 1.165) is 6.42 Å². The van der Waals surface area contributed by atoms with Crippen molar-refractivity contribution in [2.45, 2.75) is 30.3 Å². The molecule has 6 heteroatoms. The molecule has 5 nitrogen and oxygen atoms in total. The highest BCUT2D eigenvalue weighted by Crippen LogP contribution is 2.31. The summed E-state index contributed by atoms with van der Waals surface area (Å²) in [6.45, 7) is 2.32. The molecule has 3 N–H and O–H groups in total. The number of nitrogens with two attached hydrogens (primary N) is 1. The van der Waals surface area contributed by atoms with E-state index in [1.807, 2.05) is 6.92 Å². The average molecular weight is 270 g/mol. The van der Waals surface area contributed by atoms with Crippen LogP contribution in [0.3, 0.4) is 0 Å². The fourth-order valence-electron chi connectivity index (χ4n) is 2.19. The first-order chi connectivity index (χ1) is 8.37. The van der Waals surface area contributed by atoms with Gasteiger partial charge in [-0.25, -0.2) is 8.42 Å². The fourth-order valence-corrected chi connectivity index (χ4v) is 3.79. The van der Waals surface area contributed by atoms with E-state index in [1.54, 1.807) is 12.1 Å². The normalized spacial score (nSPS) is 19.4. The van der Waals surface area contributed by atoms with Crippen molar-refractivity contribution in [2.24, 2.45) is 0 Å². The van der Waals surface area contributed by atoms with E-state index >= 15 is 0 Å². The van der Waals surface area contributed by atoms with Gasteiger partial charge in [0.15, 0.2) is 0 Å². The molecule has 0 radical (unpaired) electrons. The summed E-state index contributed by atoms with van der Waals surface area (Å²) in [6.07, 6.45) is 1.47. The van der Waals surface area contributed by atoms with Crippen LogP contribution >= 0.6 is 0 Å². The molecule has 0 aromatic heterocycles. The summed E-state index contributed by atoms with van der Waals surface area (Å²) in [5, 5.41) is 10.0. The lowest BCUT2D eigenvalue weighted by molar-refractivity contribution is -0.0653. The van der Waals surface area contributed by atoms with E-state index in [2.05, 4.69) is 0 Å². The Hall–Kier alpha value is -1.11. The molecule has 1 heterocycles. The summed E-state index contributed by atoms with van der Waals surface area (Å²) in [4.78, 5) is 0.218. The molecule has 0 unspecified atom stereocenters. The highest BCUT2D eigenvalue weighted by molar-refractivity contribution is 7.89. The van der Waals surface area contributed by atoms with Gasteiger partial charge in [0.2, 0.25) is 10.0 Å². The molecule has 0 atom stereocenters. The third kappa shape index (κ3) is 2.36. The summed E-state index contributed by atoms with van der Waals surface area (Å²) < 4.78 is 25.7. The van der Waals surface area contributed by atoms with E-state index in [0.29, 0.717) is 12.1 Å². The molecule has 1 aromatic rings. The van der Waals surface area contributed by atoms with Crippen LogP contribution < -0.4 is 5.73 Å². The fraction of sp³-hybridized carbons (Fsp3) is 0.500. The van der Waals surface area contributed by atoms with Gasteiger partial charge in [-0.1, -0.05) is 13.3 Å². The van der Waals surface area contributed by atoms with E-state index in [1.165, 1.54) is 16.4 Å². The molecule has 0 aliphatic carbocycles. The predicted octanol–water partition coefficient (Wildman–Crippen LogP) is 0.804. The highest BCUT2D eigenvalue weighted by atomic mass is 32.2. The number of hydrogen-bond donors (Lipinski definition) is 2. The van der Waals surface area contributed by atoms with Crippen molar-refractivity contribution in [2.75, 3.05) is 18.8 Å². The van der Waals surface area contributed by atoms with Crippen molar-refractivity contribution in [3.8, 4) is 0 Å². The number of rotatable bonds is 4. The van der Waals surface area contributed by atoms with Gasteiger partial charge in [0, 0.05) is 18.8 Å². The van der Waals surface area contributed by atoms with E-state index in [-0.39, 0.29) is 18.0 Å². The number of β-amino-alcohol motifs (C(OH)–C–C–N with tert-alkyl or cyclic N) is 1. The van der Waals surface area contributed by atoms with Crippen LogP contribution in [-0.2, 0) is 10.0 Å². The van der Waals surface area contributed by atoms with Crippen molar-refractivity contribution in [1.82, 2.24) is 4.31 Å². The second-order valence-electron chi connectivity index (χ2n) is 4.82. The van der Waals surface area contributed by atoms with Crippen molar-refractivity contribution in [3.05, 3.63) is 24.3 Å². The van der Waals surface area contributed by atoms with Gasteiger partial charge in [0.1, 0.15) is 0 Å². The van der Waals surface area contributed by atoms with E-state index in [4.69, 9.17) is 5.73 Å². The lowest BCUT2D eigenvalue weighted by Gasteiger charge is -2.45. The topological polar surface area (TPSA) is 83.6 Å². The first-order valence-electron chi connectivity index (χ1n) is 5.95. The number of hydrogen-bond acceptors (Lipinski definition) is 4. The lowest BCUT2D eigenvalue weighted by Crippen LogP contribution is -2.63. The maximum Gasteiger partial charge on any atom is 0.243 e. The van der Waals surface area contributed by atoms with Crippen LogP contribution in [0.15, 0.2) is 29.2 Å². The Bertz CT molecular complexity index is 519. The summed E-state index contributed by atoms with van der Waals surface area (Å²) >= 11 is 0. The maximum atomic E-state index is 12.2. The zero-order chi connectivity index (χ0) is 13.4. The molecule has 1 aromatic carbocycles. The second-order valence-corrected chi connectivity index (χ2v) is 6.75. The smallest absolute Gasteiger partial charge is 0.243 e. The van der Waals surface area contributed by atoms with Crippen molar-refractivity contribution in [1.29, 1.82) is 0 Å². The quantitative estimate of drug-likeness (QED) is 0.793. The summed E-state index contributed by atoms with van der Waals surface area (Å²) in [5.41, 5.74) is 5.20. The third-order valence-corrected chi connectivity index (χ3v) is 4.98. The molecule has 0 saturated carbocycles. The summed E-state index contributed by atoms with van der Waals surface area (Å²) in [6, 6.07) is 6.10. The number of nitrogens with zero attached hydrogens (tertiary/aromatic N) is 1. The van der Waals surface area contributed by atoms with Crippen LogP contribution in [-0.4, -0.2) is 36.5 Å². The van der Waals surface area contributed by atoms with Crippen molar-refractivity contribution in [3.63, 3.8) is 0 Å². The number of aliphatic hydroxyl groups is 1. The van der Waals surface area contributed by atoms with Crippen molar-refractivity contribution >= 4 is 15.7 Å². The van der Waals surface area contributed by atoms with E-state index in [9.17, 15) is 13.5 Å². The van der Waals surface area contributed by atoms with Crippen molar-refractivity contribution < 1.29 is 13.5 Å². The highest BCUT2D eigenvalue weighted by Gasteiger charge is 2.46. The van der Waals surface area contributed by atoms with Gasteiger partial charge in [-0.05, 0) is 30.7 Å². The lowest BCUT2D eigenvalue weighted by atomic mass is 9.92. The molecule has 0 spiro atoms. The van der Waals surface area contributed by atoms with Gasteiger partial charge in [-0.3, -0.25) is 0 Å². The summed E-state index contributed by atoms with van der Waals surface area (Å²) in [7, 11) is -3.49. The minimum absolute atomic E-state index is 0.174. The SMILES string of the molecule is CCCC1(O)CN(S(=O)(=O)c2ccc(N)cc2)C1. The number of nitrogen functional groups attached to an aromatic ring is 1. The first kappa shape index (κ1) is 13.3. The minimum atomic E-state index is -3.49. The molecule has 100 valence electrons. The Kier molecular flexibility index (Phi) is 3.35. The van der Waals surface area contributed by atoms with Gasteiger partial charge >= 0.3 is 0 Å². The van der Waals surface area contributed by atoms with Crippen LogP contribution in [0.5, 0.6) is 0 Å². The largest absolute Gasteiger partial charge is 0.399 e. The maximum absolute atomic E-state index is 12.2. The number of anilines is 1. The van der Waals surface area contributed by atoms with Crippen LogP contribution in [0.2, 0.25) is 0 Å². The van der Waals surface area contributed by atoms with Gasteiger partial charge < -0.3 is 10.8 Å². The molecule has 1 aliphatic heterocycles. The molecule has 1 fully saturated rings. The van der Waals surface area contributed by atoms with Gasteiger partial charge in [0.05, 0.1) is 10.5 Å². The zero-order valence-electron chi connectivity index (χ0n) is 10.3. The monoisotopic (exact) mass is 270 g/mol. The first-order valence-corrected chi connectivity index (χ1v) is 7.39. The Labute approximate surface area is 107 Å². The Morgan fingerprint density at radius 2 is 1.89 bits per heavy atom. The van der Waals surface area contributed by atoms with E-state index < -0.39 is 15.6 Å². The number of benzene rings is 1. The average Bonchev–Trinajstić information content (AvgIpc) is 2.26. The molecule has 0 bridgehead atoms. The Balaban J connectivity index is 2.13. The van der Waals surface area contributed by atoms with Crippen LogP contribution in [0.25, 0.3) is 0 Å². The molecule has 18 heavy (non-hydrogen) atoms. The third-order valence-electron chi connectivity index (χ3n) is 3.17. The Morgan fingerprint density at radius 3 is 2.39 bits per heavy atom. The number of sulfonamides is 1. The molecule has 0 amide bonds. The zero-order valence-corrected chi connectivity index (χ0v) is 11.2. The molecule has 1 saturated heterocycles. The molecule has 1 aliphatic rings. The minimum Gasteiger partial charge on any atom is -0.399 e. The molecule has 2 rings (SSSR count). The standard InChI is InChI=1S/C12H18N2O3S/c1-2-7-12(15)8-14(9-12)18(16,17)11-5-3-10(13)4-6-11/h3-6,15H,2,7-9,13H2,1H3. The van der Waals surface area contributed by atoms with Crippen LogP contribution in [0.1, 0.15) is 19.8 Å². The second kappa shape index (κ2) is 4.53. The van der Waals surface area contributed by atoms with Crippen LogP contribution in [0, 0.1) is 0 Å². The Morgan fingerprint density at radius 1 is 1.33 bits per heavy atom. The van der Waals surface area contributed by atoms with Crippen LogP contribution in [0.4, 0.5) is 5.69 Å². The summed E-state index contributed by atoms with van der Waals surface area (Å²) in [5.74, 6) is 0. The molecular formula is C12H18N2O3S. The van der Waals surface area contributed by atoms with Gasteiger partial charge in [0.25, 0.3) is 0 Å².